The number of hydrogen-bond donors (Lipinski definition) is 0. The molecule has 0 amide bonds. The van der Waals surface area contributed by atoms with Crippen molar-refractivity contribution in [1.82, 2.24) is 4.98 Å². The minimum atomic E-state index is -0.366. The normalized spacial score (nSPS) is 11.1. The second-order valence-electron chi connectivity index (χ2n) is 5.80. The monoisotopic (exact) mass is 351 g/mol. The zero-order valence-corrected chi connectivity index (χ0v) is 14.2. The summed E-state index contributed by atoms with van der Waals surface area (Å²) in [4.78, 5) is 15.9. The molecular weight excluding hydrogens is 338 g/mol. The molecule has 0 unspecified atom stereocenters. The minimum absolute atomic E-state index is 0.340. The van der Waals surface area contributed by atoms with Gasteiger partial charge in [-0.15, -0.1) is 0 Å². The Morgan fingerprint density at radius 3 is 2.88 bits per heavy atom. The number of rotatable bonds is 3. The topological polar surface area (TPSA) is 52.3 Å². The molecule has 0 spiro atoms. The van der Waals surface area contributed by atoms with E-state index in [1.165, 1.54) is 6.07 Å². The van der Waals surface area contributed by atoms with Gasteiger partial charge in [-0.1, -0.05) is 17.7 Å². The summed E-state index contributed by atoms with van der Waals surface area (Å²) in [7, 11) is 0. The molecule has 5 heteroatoms. The van der Waals surface area contributed by atoms with Crippen LogP contribution in [-0.4, -0.2) is 4.98 Å². The van der Waals surface area contributed by atoms with Gasteiger partial charge in [0.05, 0.1) is 5.52 Å². The molecule has 25 heavy (non-hydrogen) atoms. The summed E-state index contributed by atoms with van der Waals surface area (Å²) >= 11 is 6.22. The SMILES string of the molecule is Cc1cc(=O)oc2cc(OCc3ccc(Cl)c4cccnc34)ccc12. The third-order valence-corrected chi connectivity index (χ3v) is 4.45. The van der Waals surface area contributed by atoms with Crippen molar-refractivity contribution in [1.29, 1.82) is 0 Å². The van der Waals surface area contributed by atoms with Gasteiger partial charge in [0, 0.05) is 39.7 Å². The third-order valence-electron chi connectivity index (χ3n) is 4.12. The molecule has 4 nitrogen and oxygen atoms in total. The fourth-order valence-corrected chi connectivity index (χ4v) is 3.08. The molecule has 0 bridgehead atoms. The smallest absolute Gasteiger partial charge is 0.336 e. The molecule has 2 heterocycles. The van der Waals surface area contributed by atoms with Crippen molar-refractivity contribution < 1.29 is 9.15 Å². The largest absolute Gasteiger partial charge is 0.489 e. The summed E-state index contributed by atoms with van der Waals surface area (Å²) in [6, 6.07) is 14.5. The molecule has 4 aromatic rings. The van der Waals surface area contributed by atoms with E-state index in [1.807, 2.05) is 43.3 Å². The summed E-state index contributed by atoms with van der Waals surface area (Å²) in [6.45, 7) is 2.22. The fraction of sp³-hybridized carbons (Fsp3) is 0.100. The highest BCUT2D eigenvalue weighted by Gasteiger charge is 2.08. The Balaban J connectivity index is 1.67. The maximum Gasteiger partial charge on any atom is 0.336 e. The number of fused-ring (bicyclic) bond motifs is 2. The number of aromatic nitrogens is 1. The quantitative estimate of drug-likeness (QED) is 0.493. The second-order valence-corrected chi connectivity index (χ2v) is 6.21. The highest BCUT2D eigenvalue weighted by Crippen LogP contribution is 2.27. The van der Waals surface area contributed by atoms with Crippen LogP contribution in [0.3, 0.4) is 0 Å². The van der Waals surface area contributed by atoms with Crippen LogP contribution < -0.4 is 10.4 Å². The summed E-state index contributed by atoms with van der Waals surface area (Å²) in [5.41, 5.74) is 2.78. The highest BCUT2D eigenvalue weighted by atomic mass is 35.5. The molecule has 2 aromatic heterocycles. The first-order chi connectivity index (χ1) is 12.1. The van der Waals surface area contributed by atoms with E-state index in [9.17, 15) is 4.79 Å². The molecule has 0 fully saturated rings. The third kappa shape index (κ3) is 2.96. The van der Waals surface area contributed by atoms with Gasteiger partial charge < -0.3 is 9.15 Å². The Morgan fingerprint density at radius 2 is 2.00 bits per heavy atom. The Kier molecular flexibility index (Phi) is 3.90. The van der Waals surface area contributed by atoms with E-state index >= 15 is 0 Å². The number of halogens is 1. The van der Waals surface area contributed by atoms with Crippen LogP contribution in [0.25, 0.3) is 21.9 Å². The van der Waals surface area contributed by atoms with E-state index in [2.05, 4.69) is 4.98 Å². The minimum Gasteiger partial charge on any atom is -0.489 e. The van der Waals surface area contributed by atoms with Gasteiger partial charge in [-0.05, 0) is 42.8 Å². The Hall–Kier alpha value is -2.85. The van der Waals surface area contributed by atoms with Crippen molar-refractivity contribution in [2.24, 2.45) is 0 Å². The predicted molar refractivity (Wildman–Crippen MR) is 98.3 cm³/mol. The molecule has 0 saturated carbocycles. The van der Waals surface area contributed by atoms with E-state index in [-0.39, 0.29) is 5.63 Å². The summed E-state index contributed by atoms with van der Waals surface area (Å²) in [5, 5.41) is 2.45. The zero-order chi connectivity index (χ0) is 17.4. The lowest BCUT2D eigenvalue weighted by atomic mass is 10.1. The number of benzene rings is 2. The number of ether oxygens (including phenoxy) is 1. The first kappa shape index (κ1) is 15.7. The Morgan fingerprint density at radius 1 is 1.12 bits per heavy atom. The lowest BCUT2D eigenvalue weighted by Gasteiger charge is -2.10. The van der Waals surface area contributed by atoms with Crippen LogP contribution in [-0.2, 0) is 6.61 Å². The van der Waals surface area contributed by atoms with Gasteiger partial charge in [0.2, 0.25) is 0 Å². The molecule has 0 radical (unpaired) electrons. The predicted octanol–water partition coefficient (Wildman–Crippen LogP) is 4.88. The van der Waals surface area contributed by atoms with E-state index < -0.39 is 0 Å². The van der Waals surface area contributed by atoms with Crippen molar-refractivity contribution in [2.75, 3.05) is 0 Å². The molecular formula is C20H14ClNO3. The summed E-state index contributed by atoms with van der Waals surface area (Å²) < 4.78 is 11.1. The zero-order valence-electron chi connectivity index (χ0n) is 13.5. The number of nitrogens with zero attached hydrogens (tertiary/aromatic N) is 1. The highest BCUT2D eigenvalue weighted by molar-refractivity contribution is 6.35. The molecule has 0 aliphatic heterocycles. The van der Waals surface area contributed by atoms with Crippen molar-refractivity contribution >= 4 is 33.5 Å². The average molecular weight is 352 g/mol. The fourth-order valence-electron chi connectivity index (χ4n) is 2.87. The molecule has 0 saturated heterocycles. The lowest BCUT2D eigenvalue weighted by Crippen LogP contribution is -2.00. The molecule has 0 aliphatic rings. The van der Waals surface area contributed by atoms with Gasteiger partial charge >= 0.3 is 5.63 Å². The Labute approximate surface area is 148 Å². The molecule has 0 aliphatic carbocycles. The van der Waals surface area contributed by atoms with Gasteiger partial charge in [-0.2, -0.15) is 0 Å². The lowest BCUT2D eigenvalue weighted by molar-refractivity contribution is 0.307. The number of aryl methyl sites for hydroxylation is 1. The van der Waals surface area contributed by atoms with E-state index in [0.29, 0.717) is 23.0 Å². The van der Waals surface area contributed by atoms with Crippen molar-refractivity contribution in [3.8, 4) is 5.75 Å². The van der Waals surface area contributed by atoms with Crippen molar-refractivity contribution in [3.63, 3.8) is 0 Å². The first-order valence-corrected chi connectivity index (χ1v) is 8.19. The van der Waals surface area contributed by atoms with Crippen LogP contribution in [0.2, 0.25) is 5.02 Å². The van der Waals surface area contributed by atoms with Crippen LogP contribution in [0.15, 0.2) is 63.9 Å². The summed E-state index contributed by atoms with van der Waals surface area (Å²) in [6.07, 6.45) is 1.73. The molecule has 0 atom stereocenters. The summed E-state index contributed by atoms with van der Waals surface area (Å²) in [5.74, 6) is 0.625. The Bertz CT molecular complexity index is 1150. The van der Waals surface area contributed by atoms with E-state index in [4.69, 9.17) is 20.8 Å². The second kappa shape index (κ2) is 6.22. The van der Waals surface area contributed by atoms with E-state index in [1.54, 1.807) is 12.3 Å². The first-order valence-electron chi connectivity index (χ1n) is 7.81. The van der Waals surface area contributed by atoms with Gasteiger partial charge in [0.1, 0.15) is 17.9 Å². The van der Waals surface area contributed by atoms with Crippen LogP contribution in [0.5, 0.6) is 5.75 Å². The number of hydrogen-bond acceptors (Lipinski definition) is 4. The standard InChI is InChI=1S/C20H14ClNO3/c1-12-9-19(23)25-18-10-14(5-6-15(12)18)24-11-13-4-7-17(21)16-3-2-8-22-20(13)16/h2-10H,11H2,1H3. The maximum absolute atomic E-state index is 11.5. The molecule has 124 valence electrons. The van der Waals surface area contributed by atoms with Crippen LogP contribution in [0.4, 0.5) is 0 Å². The van der Waals surface area contributed by atoms with Gasteiger partial charge in [0.15, 0.2) is 0 Å². The van der Waals surface area contributed by atoms with Gasteiger partial charge in [0.25, 0.3) is 0 Å². The molecule has 0 N–H and O–H groups in total. The van der Waals surface area contributed by atoms with Crippen molar-refractivity contribution in [2.45, 2.75) is 13.5 Å². The van der Waals surface area contributed by atoms with Crippen molar-refractivity contribution in [3.05, 3.63) is 81.3 Å². The van der Waals surface area contributed by atoms with Crippen LogP contribution in [0.1, 0.15) is 11.1 Å². The van der Waals surface area contributed by atoms with E-state index in [0.717, 1.165) is 27.4 Å². The molecule has 4 rings (SSSR count). The van der Waals surface area contributed by atoms with Crippen LogP contribution in [0, 0.1) is 6.92 Å². The number of pyridine rings is 1. The van der Waals surface area contributed by atoms with Gasteiger partial charge in [-0.3, -0.25) is 4.98 Å². The van der Waals surface area contributed by atoms with Gasteiger partial charge in [-0.25, -0.2) is 4.79 Å². The average Bonchev–Trinajstić information content (AvgIpc) is 2.61. The molecule has 2 aromatic carbocycles. The maximum atomic E-state index is 11.5. The van der Waals surface area contributed by atoms with Crippen LogP contribution >= 0.6 is 11.6 Å².